The molecule has 0 bridgehead atoms. The van der Waals surface area contributed by atoms with E-state index < -0.39 is 17.7 Å². The van der Waals surface area contributed by atoms with E-state index in [2.05, 4.69) is 0 Å². The Morgan fingerprint density at radius 1 is 0.643 bits per heavy atom. The SMILES string of the molecule is CC(C)=C1C=CC=CC1C1=C(c2ccccc2Oc2ccccc2)C(=O)N(c2ccccc2Oc2ccccc2)C1=O. The lowest BCUT2D eigenvalue weighted by Gasteiger charge is -2.22. The van der Waals surface area contributed by atoms with Crippen molar-refractivity contribution < 1.29 is 19.1 Å². The number of amides is 2. The highest BCUT2D eigenvalue weighted by Gasteiger charge is 2.45. The largest absolute Gasteiger partial charge is 0.457 e. The van der Waals surface area contributed by atoms with Gasteiger partial charge >= 0.3 is 0 Å². The third-order valence-corrected chi connectivity index (χ3v) is 7.24. The normalized spacial score (nSPS) is 16.3. The number of hydrogen-bond donors (Lipinski definition) is 0. The molecule has 0 N–H and O–H groups in total. The van der Waals surface area contributed by atoms with Gasteiger partial charge in [-0.1, -0.05) is 96.6 Å². The van der Waals surface area contributed by atoms with Crippen LogP contribution in [0.1, 0.15) is 19.4 Å². The third kappa shape index (κ3) is 5.08. The summed E-state index contributed by atoms with van der Waals surface area (Å²) in [6.07, 6.45) is 7.85. The molecule has 0 saturated carbocycles. The first-order valence-electron chi connectivity index (χ1n) is 13.8. The summed E-state index contributed by atoms with van der Waals surface area (Å²) in [5.41, 5.74) is 3.67. The van der Waals surface area contributed by atoms with E-state index in [1.54, 1.807) is 18.2 Å². The second kappa shape index (κ2) is 11.6. The van der Waals surface area contributed by atoms with Gasteiger partial charge in [-0.3, -0.25) is 9.59 Å². The molecule has 5 heteroatoms. The van der Waals surface area contributed by atoms with Gasteiger partial charge in [0, 0.05) is 17.1 Å². The molecule has 0 spiro atoms. The number of anilines is 1. The summed E-state index contributed by atoms with van der Waals surface area (Å²) < 4.78 is 12.5. The fourth-order valence-corrected chi connectivity index (χ4v) is 5.31. The van der Waals surface area contributed by atoms with Gasteiger partial charge in [-0.25, -0.2) is 4.90 Å². The monoisotopic (exact) mass is 551 g/mol. The molecule has 1 unspecified atom stereocenters. The molecule has 2 amide bonds. The lowest BCUT2D eigenvalue weighted by molar-refractivity contribution is -0.120. The maximum absolute atomic E-state index is 14.5. The van der Waals surface area contributed by atoms with Crippen LogP contribution in [0.25, 0.3) is 5.57 Å². The Hall–Kier alpha value is -5.42. The smallest absolute Gasteiger partial charge is 0.266 e. The molecular formula is C37H29NO4. The van der Waals surface area contributed by atoms with Crippen LogP contribution in [0.15, 0.2) is 150 Å². The number of carbonyl (C=O) groups excluding carboxylic acids is 2. The molecule has 6 rings (SSSR count). The summed E-state index contributed by atoms with van der Waals surface area (Å²) in [4.78, 5) is 30.3. The Labute approximate surface area is 245 Å². The molecule has 2 aliphatic rings. The summed E-state index contributed by atoms with van der Waals surface area (Å²) in [7, 11) is 0. The van der Waals surface area contributed by atoms with Crippen LogP contribution >= 0.6 is 0 Å². The zero-order valence-corrected chi connectivity index (χ0v) is 23.4. The predicted octanol–water partition coefficient (Wildman–Crippen LogP) is 8.68. The maximum atomic E-state index is 14.5. The molecule has 1 aliphatic heterocycles. The van der Waals surface area contributed by atoms with Crippen molar-refractivity contribution in [1.82, 2.24) is 0 Å². The molecule has 1 atom stereocenters. The number of hydrogen-bond acceptors (Lipinski definition) is 4. The Bertz CT molecular complexity index is 1780. The van der Waals surface area contributed by atoms with Crippen LogP contribution in [0.2, 0.25) is 0 Å². The van der Waals surface area contributed by atoms with E-state index in [0.717, 1.165) is 11.1 Å². The van der Waals surface area contributed by atoms with Gasteiger partial charge in [0.25, 0.3) is 11.8 Å². The number of nitrogens with zero attached hydrogens (tertiary/aromatic N) is 1. The summed E-state index contributed by atoms with van der Waals surface area (Å²) in [6, 6.07) is 33.2. The molecule has 4 aromatic rings. The van der Waals surface area contributed by atoms with E-state index in [1.807, 2.05) is 129 Å². The average molecular weight is 552 g/mol. The van der Waals surface area contributed by atoms with E-state index in [0.29, 0.717) is 45.4 Å². The van der Waals surface area contributed by atoms with Crippen molar-refractivity contribution in [1.29, 1.82) is 0 Å². The van der Waals surface area contributed by atoms with Crippen molar-refractivity contribution in [3.05, 3.63) is 156 Å². The third-order valence-electron chi connectivity index (χ3n) is 7.24. The first-order chi connectivity index (χ1) is 20.5. The average Bonchev–Trinajstić information content (AvgIpc) is 3.27. The fraction of sp³-hybridized carbons (Fsp3) is 0.0811. The first kappa shape index (κ1) is 26.8. The summed E-state index contributed by atoms with van der Waals surface area (Å²) in [6.45, 7) is 4.03. The van der Waals surface area contributed by atoms with Gasteiger partial charge < -0.3 is 9.47 Å². The second-order valence-electron chi connectivity index (χ2n) is 10.2. The zero-order valence-electron chi connectivity index (χ0n) is 23.4. The van der Waals surface area contributed by atoms with Gasteiger partial charge in [-0.15, -0.1) is 0 Å². The lowest BCUT2D eigenvalue weighted by Crippen LogP contribution is -2.32. The molecule has 0 saturated heterocycles. The summed E-state index contributed by atoms with van der Waals surface area (Å²) in [5.74, 6) is 0.891. The van der Waals surface area contributed by atoms with Crippen molar-refractivity contribution in [3.63, 3.8) is 0 Å². The quantitative estimate of drug-likeness (QED) is 0.216. The fourth-order valence-electron chi connectivity index (χ4n) is 5.31. The molecule has 206 valence electrons. The van der Waals surface area contributed by atoms with Gasteiger partial charge in [0.15, 0.2) is 5.75 Å². The Kier molecular flexibility index (Phi) is 7.39. The van der Waals surface area contributed by atoms with Gasteiger partial charge in [0.2, 0.25) is 0 Å². The second-order valence-corrected chi connectivity index (χ2v) is 10.2. The van der Waals surface area contributed by atoms with E-state index in [1.165, 1.54) is 4.90 Å². The molecule has 42 heavy (non-hydrogen) atoms. The van der Waals surface area contributed by atoms with Crippen LogP contribution in [0.3, 0.4) is 0 Å². The predicted molar refractivity (Wildman–Crippen MR) is 165 cm³/mol. The van der Waals surface area contributed by atoms with E-state index >= 15 is 0 Å². The minimum atomic E-state index is -0.431. The highest BCUT2D eigenvalue weighted by atomic mass is 16.5. The van der Waals surface area contributed by atoms with Gasteiger partial charge in [0.1, 0.15) is 17.2 Å². The van der Waals surface area contributed by atoms with Crippen LogP contribution in [-0.4, -0.2) is 11.8 Å². The molecule has 1 heterocycles. The summed E-state index contributed by atoms with van der Waals surface area (Å²) in [5, 5.41) is 0. The molecule has 4 aromatic carbocycles. The molecule has 0 aromatic heterocycles. The van der Waals surface area contributed by atoms with Crippen molar-refractivity contribution in [2.45, 2.75) is 13.8 Å². The minimum absolute atomic E-state index is 0.310. The lowest BCUT2D eigenvalue weighted by atomic mass is 9.82. The Morgan fingerprint density at radius 2 is 1.21 bits per heavy atom. The number of carbonyl (C=O) groups is 2. The van der Waals surface area contributed by atoms with Gasteiger partial charge in [-0.2, -0.15) is 0 Å². The number of para-hydroxylation sites is 5. The molecular weight excluding hydrogens is 522 g/mol. The molecule has 0 fully saturated rings. The van der Waals surface area contributed by atoms with Crippen LogP contribution in [0.4, 0.5) is 5.69 Å². The van der Waals surface area contributed by atoms with Crippen molar-refractivity contribution in [2.75, 3.05) is 4.90 Å². The molecule has 0 radical (unpaired) electrons. The summed E-state index contributed by atoms with van der Waals surface area (Å²) >= 11 is 0. The standard InChI is InChI=1S/C37H29NO4/c1-25(2)28-19-9-10-20-29(28)34-35(30-21-11-13-23-32(30)41-26-15-5-3-6-16-26)37(40)38(36(34)39)31-22-12-14-24-33(31)42-27-17-7-4-8-18-27/h3-24,29H,1-2H3. The van der Waals surface area contributed by atoms with Crippen LogP contribution in [0.5, 0.6) is 23.0 Å². The number of allylic oxidation sites excluding steroid dienone is 6. The van der Waals surface area contributed by atoms with Crippen molar-refractivity contribution >= 4 is 23.1 Å². The van der Waals surface area contributed by atoms with Crippen LogP contribution in [0, 0.1) is 5.92 Å². The highest BCUT2D eigenvalue weighted by Crippen LogP contribution is 2.46. The number of rotatable bonds is 7. The number of ether oxygens (including phenoxy) is 2. The molecule has 5 nitrogen and oxygen atoms in total. The number of imide groups is 1. The van der Waals surface area contributed by atoms with Crippen LogP contribution < -0.4 is 14.4 Å². The first-order valence-corrected chi connectivity index (χ1v) is 13.8. The van der Waals surface area contributed by atoms with Crippen LogP contribution in [-0.2, 0) is 9.59 Å². The molecule has 1 aliphatic carbocycles. The van der Waals surface area contributed by atoms with Gasteiger partial charge in [-0.05, 0) is 61.9 Å². The van der Waals surface area contributed by atoms with Gasteiger partial charge in [0.05, 0.1) is 11.3 Å². The van der Waals surface area contributed by atoms with Crippen molar-refractivity contribution in [2.24, 2.45) is 5.92 Å². The topological polar surface area (TPSA) is 55.8 Å². The number of benzene rings is 4. The van der Waals surface area contributed by atoms with Crippen molar-refractivity contribution in [3.8, 4) is 23.0 Å². The highest BCUT2D eigenvalue weighted by molar-refractivity contribution is 6.46. The Morgan fingerprint density at radius 3 is 1.88 bits per heavy atom. The van der Waals surface area contributed by atoms with E-state index in [9.17, 15) is 9.59 Å². The minimum Gasteiger partial charge on any atom is -0.457 e. The Balaban J connectivity index is 1.52. The van der Waals surface area contributed by atoms with E-state index in [-0.39, 0.29) is 0 Å². The zero-order chi connectivity index (χ0) is 29.1. The van der Waals surface area contributed by atoms with E-state index in [4.69, 9.17) is 9.47 Å². The maximum Gasteiger partial charge on any atom is 0.266 e.